The molecule has 126 valence electrons. The fourth-order valence-corrected chi connectivity index (χ4v) is 3.02. The van der Waals surface area contributed by atoms with Crippen LogP contribution >= 0.6 is 11.3 Å². The fraction of sp³-hybridized carbons (Fsp3) is 0.312. The lowest BCUT2D eigenvalue weighted by atomic mass is 10.0. The van der Waals surface area contributed by atoms with Crippen LogP contribution in [0, 0.1) is 5.92 Å². The topological polar surface area (TPSA) is 88.6 Å². The third-order valence-corrected chi connectivity index (χ3v) is 4.34. The molecule has 2 amide bonds. The van der Waals surface area contributed by atoms with Gasteiger partial charge in [0.1, 0.15) is 6.04 Å². The number of rotatable bonds is 6. The Morgan fingerprint density at radius 2 is 2.25 bits per heavy atom. The minimum atomic E-state index is -0.647. The van der Waals surface area contributed by atoms with E-state index in [0.29, 0.717) is 6.54 Å². The van der Waals surface area contributed by atoms with Crippen molar-refractivity contribution in [2.45, 2.75) is 26.4 Å². The lowest BCUT2D eigenvalue weighted by Crippen LogP contribution is -2.49. The number of imidazole rings is 1. The first-order valence-corrected chi connectivity index (χ1v) is 8.45. The molecule has 0 aliphatic heterocycles. The molecule has 3 aromatic rings. The Kier molecular flexibility index (Phi) is 4.66. The Balaban J connectivity index is 1.61. The largest absolute Gasteiger partial charge is 0.459 e. The van der Waals surface area contributed by atoms with Gasteiger partial charge in [0.15, 0.2) is 10.7 Å². The second kappa shape index (κ2) is 6.88. The number of amides is 2. The van der Waals surface area contributed by atoms with Gasteiger partial charge in [-0.1, -0.05) is 13.8 Å². The van der Waals surface area contributed by atoms with Crippen molar-refractivity contribution in [3.05, 3.63) is 47.6 Å². The van der Waals surface area contributed by atoms with Crippen LogP contribution in [-0.4, -0.2) is 27.2 Å². The van der Waals surface area contributed by atoms with Crippen LogP contribution in [0.15, 0.2) is 40.6 Å². The highest BCUT2D eigenvalue weighted by Crippen LogP contribution is 2.11. The molecular formula is C16H18N4O3S. The molecule has 0 aromatic carbocycles. The molecule has 24 heavy (non-hydrogen) atoms. The number of furan rings is 1. The summed E-state index contributed by atoms with van der Waals surface area (Å²) in [7, 11) is 0. The van der Waals surface area contributed by atoms with E-state index in [2.05, 4.69) is 15.6 Å². The monoisotopic (exact) mass is 346 g/mol. The highest BCUT2D eigenvalue weighted by atomic mass is 32.1. The van der Waals surface area contributed by atoms with Gasteiger partial charge >= 0.3 is 0 Å². The van der Waals surface area contributed by atoms with Crippen molar-refractivity contribution in [2.24, 2.45) is 5.92 Å². The number of fused-ring (bicyclic) bond motifs is 1. The van der Waals surface area contributed by atoms with Gasteiger partial charge in [-0.3, -0.25) is 14.0 Å². The molecule has 1 unspecified atom stereocenters. The van der Waals surface area contributed by atoms with Crippen LogP contribution in [-0.2, 0) is 11.3 Å². The summed E-state index contributed by atoms with van der Waals surface area (Å²) < 4.78 is 6.96. The molecule has 0 radical (unpaired) electrons. The Hall–Kier alpha value is -2.61. The number of hydrogen-bond acceptors (Lipinski definition) is 5. The predicted octanol–water partition coefficient (Wildman–Crippen LogP) is 2.06. The van der Waals surface area contributed by atoms with Gasteiger partial charge in [0.2, 0.25) is 5.91 Å². The zero-order valence-electron chi connectivity index (χ0n) is 13.4. The van der Waals surface area contributed by atoms with Gasteiger partial charge in [-0.15, -0.1) is 11.3 Å². The molecule has 0 fully saturated rings. The Bertz CT molecular complexity index is 806. The summed E-state index contributed by atoms with van der Waals surface area (Å²) in [6.07, 6.45) is 5.21. The number of carbonyl (C=O) groups excluding carboxylic acids is 2. The van der Waals surface area contributed by atoms with Gasteiger partial charge < -0.3 is 15.1 Å². The SMILES string of the molecule is CC(C)C(NC(=O)c1ccco1)C(=O)NCc1cn2ccsc2n1. The van der Waals surface area contributed by atoms with E-state index in [1.54, 1.807) is 12.1 Å². The van der Waals surface area contributed by atoms with E-state index in [4.69, 9.17) is 4.42 Å². The number of hydrogen-bond donors (Lipinski definition) is 2. The Morgan fingerprint density at radius 3 is 2.92 bits per heavy atom. The first-order chi connectivity index (χ1) is 11.5. The maximum absolute atomic E-state index is 12.4. The van der Waals surface area contributed by atoms with E-state index < -0.39 is 11.9 Å². The van der Waals surface area contributed by atoms with Crippen molar-refractivity contribution in [1.29, 1.82) is 0 Å². The minimum absolute atomic E-state index is 0.0607. The van der Waals surface area contributed by atoms with Crippen LogP contribution in [0.2, 0.25) is 0 Å². The van der Waals surface area contributed by atoms with Crippen LogP contribution in [0.1, 0.15) is 30.1 Å². The standard InChI is InChI=1S/C16H18N4O3S/c1-10(2)13(19-14(21)12-4-3-6-23-12)15(22)17-8-11-9-20-5-7-24-16(20)18-11/h3-7,9-10,13H,8H2,1-2H3,(H,17,22)(H,19,21). The van der Waals surface area contributed by atoms with Gasteiger partial charge in [0.05, 0.1) is 18.5 Å². The number of thiazole rings is 1. The second-order valence-electron chi connectivity index (χ2n) is 5.72. The van der Waals surface area contributed by atoms with Gasteiger partial charge in [-0.05, 0) is 18.1 Å². The second-order valence-corrected chi connectivity index (χ2v) is 6.59. The van der Waals surface area contributed by atoms with Crippen LogP contribution in [0.3, 0.4) is 0 Å². The number of nitrogens with zero attached hydrogens (tertiary/aromatic N) is 2. The zero-order valence-corrected chi connectivity index (χ0v) is 14.2. The molecule has 0 spiro atoms. The van der Waals surface area contributed by atoms with Crippen molar-refractivity contribution >= 4 is 28.1 Å². The van der Waals surface area contributed by atoms with E-state index in [1.165, 1.54) is 17.6 Å². The summed E-state index contributed by atoms with van der Waals surface area (Å²) in [6, 6.07) is 2.54. The third-order valence-electron chi connectivity index (χ3n) is 3.57. The molecule has 0 saturated heterocycles. The lowest BCUT2D eigenvalue weighted by Gasteiger charge is -2.20. The molecular weight excluding hydrogens is 328 g/mol. The molecule has 0 bridgehead atoms. The summed E-state index contributed by atoms with van der Waals surface area (Å²) in [6.45, 7) is 4.06. The molecule has 0 saturated carbocycles. The molecule has 1 atom stereocenters. The van der Waals surface area contributed by atoms with Crippen molar-refractivity contribution in [3.8, 4) is 0 Å². The fourth-order valence-electron chi connectivity index (χ4n) is 2.30. The Labute approximate surface area is 142 Å². The summed E-state index contributed by atoms with van der Waals surface area (Å²) >= 11 is 1.53. The molecule has 8 heteroatoms. The number of carbonyl (C=O) groups is 2. The molecule has 0 aliphatic rings. The van der Waals surface area contributed by atoms with Crippen LogP contribution in [0.4, 0.5) is 0 Å². The van der Waals surface area contributed by atoms with Crippen LogP contribution in [0.5, 0.6) is 0 Å². The molecule has 7 nitrogen and oxygen atoms in total. The lowest BCUT2D eigenvalue weighted by molar-refractivity contribution is -0.124. The maximum Gasteiger partial charge on any atom is 0.287 e. The van der Waals surface area contributed by atoms with Crippen LogP contribution in [0.25, 0.3) is 4.96 Å². The van der Waals surface area contributed by atoms with E-state index in [9.17, 15) is 9.59 Å². The van der Waals surface area contributed by atoms with Gasteiger partial charge in [-0.2, -0.15) is 0 Å². The van der Waals surface area contributed by atoms with Crippen molar-refractivity contribution in [3.63, 3.8) is 0 Å². The van der Waals surface area contributed by atoms with E-state index >= 15 is 0 Å². The highest BCUT2D eigenvalue weighted by molar-refractivity contribution is 7.15. The predicted molar refractivity (Wildman–Crippen MR) is 89.7 cm³/mol. The average Bonchev–Trinajstić information content (AvgIpc) is 3.25. The molecule has 2 N–H and O–H groups in total. The van der Waals surface area contributed by atoms with Gasteiger partial charge in [0, 0.05) is 17.8 Å². The summed E-state index contributed by atoms with van der Waals surface area (Å²) in [4.78, 5) is 29.8. The highest BCUT2D eigenvalue weighted by Gasteiger charge is 2.25. The molecule has 3 rings (SSSR count). The van der Waals surface area contributed by atoms with E-state index in [1.807, 2.05) is 36.0 Å². The normalized spacial score (nSPS) is 12.5. The van der Waals surface area contributed by atoms with E-state index in [0.717, 1.165) is 10.7 Å². The van der Waals surface area contributed by atoms with Gasteiger partial charge in [-0.25, -0.2) is 4.98 Å². The summed E-state index contributed by atoms with van der Waals surface area (Å²) in [5.41, 5.74) is 0.773. The maximum atomic E-state index is 12.4. The quantitative estimate of drug-likeness (QED) is 0.715. The van der Waals surface area contributed by atoms with Crippen molar-refractivity contribution < 1.29 is 14.0 Å². The van der Waals surface area contributed by atoms with Gasteiger partial charge in [0.25, 0.3) is 5.91 Å². The minimum Gasteiger partial charge on any atom is -0.459 e. The number of aromatic nitrogens is 2. The molecule has 0 aliphatic carbocycles. The average molecular weight is 346 g/mol. The van der Waals surface area contributed by atoms with E-state index in [-0.39, 0.29) is 17.6 Å². The number of nitrogens with one attached hydrogen (secondary N) is 2. The van der Waals surface area contributed by atoms with Crippen molar-refractivity contribution in [1.82, 2.24) is 20.0 Å². The van der Waals surface area contributed by atoms with Crippen LogP contribution < -0.4 is 10.6 Å². The summed E-state index contributed by atoms with van der Waals surface area (Å²) in [5, 5.41) is 7.48. The molecule has 3 heterocycles. The smallest absolute Gasteiger partial charge is 0.287 e. The molecule has 3 aromatic heterocycles. The third kappa shape index (κ3) is 3.48. The first-order valence-electron chi connectivity index (χ1n) is 7.57. The first kappa shape index (κ1) is 16.3. The van der Waals surface area contributed by atoms with Crippen molar-refractivity contribution in [2.75, 3.05) is 0 Å². The Morgan fingerprint density at radius 1 is 1.42 bits per heavy atom. The summed E-state index contributed by atoms with van der Waals surface area (Å²) in [5.74, 6) is -0.533. The zero-order chi connectivity index (χ0) is 17.1.